The molecule has 27 heavy (non-hydrogen) atoms. The first-order valence-corrected chi connectivity index (χ1v) is 10.9. The molecule has 5 nitrogen and oxygen atoms in total. The largest absolute Gasteiger partial charge is 0.390 e. The van der Waals surface area contributed by atoms with Crippen LogP contribution in [0.4, 0.5) is 0 Å². The topological polar surface area (TPSA) is 67.8 Å². The summed E-state index contributed by atoms with van der Waals surface area (Å²) in [6.07, 6.45) is 7.50. The van der Waals surface area contributed by atoms with Gasteiger partial charge in [-0.15, -0.1) is 0 Å². The normalized spacial score (nSPS) is 48.6. The van der Waals surface area contributed by atoms with E-state index >= 15 is 0 Å². The minimum atomic E-state index is -0.156. The van der Waals surface area contributed by atoms with E-state index in [1.54, 1.807) is 0 Å². The van der Waals surface area contributed by atoms with Gasteiger partial charge in [0.25, 0.3) is 0 Å². The molecule has 4 saturated carbocycles. The molecule has 5 aliphatic rings. The maximum absolute atomic E-state index is 13.2. The number of hydrogen-bond acceptors (Lipinski definition) is 5. The van der Waals surface area contributed by atoms with Gasteiger partial charge in [0.05, 0.1) is 5.71 Å². The van der Waals surface area contributed by atoms with Crippen molar-refractivity contribution in [3.05, 3.63) is 0 Å². The van der Waals surface area contributed by atoms with Crippen LogP contribution in [0.5, 0.6) is 0 Å². The van der Waals surface area contributed by atoms with Gasteiger partial charge >= 0.3 is 0 Å². The quantitative estimate of drug-likeness (QED) is 0.756. The number of Topliss-reactive ketones (excluding diaryl/α,β-unsaturated/α-hetero) is 2. The lowest BCUT2D eigenvalue weighted by Gasteiger charge is -2.58. The predicted octanol–water partition coefficient (Wildman–Crippen LogP) is 3.12. The van der Waals surface area contributed by atoms with Gasteiger partial charge in [0.15, 0.2) is 6.10 Å². The van der Waals surface area contributed by atoms with Gasteiger partial charge < -0.3 is 10.2 Å². The third-order valence-corrected chi connectivity index (χ3v) is 9.08. The fourth-order valence-corrected chi connectivity index (χ4v) is 7.19. The third kappa shape index (κ3) is 2.56. The molecule has 5 heteroatoms. The summed E-state index contributed by atoms with van der Waals surface area (Å²) in [6.45, 7) is 6.29. The SMILES string of the molecule is C[C@]12CC/C(=N/OC3CNC3)CC1C(=O)C[C@@H]1[C@H]2CC[C@]2(C)C(=O)CC[C@@H]12. The van der Waals surface area contributed by atoms with E-state index in [0.29, 0.717) is 35.7 Å². The van der Waals surface area contributed by atoms with E-state index in [9.17, 15) is 9.59 Å². The van der Waals surface area contributed by atoms with E-state index in [0.717, 1.165) is 63.7 Å². The monoisotopic (exact) mass is 372 g/mol. The van der Waals surface area contributed by atoms with Gasteiger partial charge in [-0.3, -0.25) is 9.59 Å². The van der Waals surface area contributed by atoms with Crippen molar-refractivity contribution in [1.82, 2.24) is 5.32 Å². The average Bonchev–Trinajstić information content (AvgIpc) is 2.90. The van der Waals surface area contributed by atoms with Crippen molar-refractivity contribution < 1.29 is 14.4 Å². The number of carbonyl (C=O) groups is 2. The van der Waals surface area contributed by atoms with Crippen molar-refractivity contribution in [2.75, 3.05) is 13.1 Å². The van der Waals surface area contributed by atoms with Gasteiger partial charge in [-0.1, -0.05) is 19.0 Å². The molecular formula is C22H32N2O3. The minimum absolute atomic E-state index is 0.0734. The van der Waals surface area contributed by atoms with Crippen molar-refractivity contribution in [3.63, 3.8) is 0 Å². The molecule has 1 saturated heterocycles. The number of carbonyl (C=O) groups excluding carboxylic acids is 2. The summed E-state index contributed by atoms with van der Waals surface area (Å²) in [5, 5.41) is 7.61. The van der Waals surface area contributed by atoms with Crippen LogP contribution in [0.1, 0.15) is 65.2 Å². The third-order valence-electron chi connectivity index (χ3n) is 9.08. The van der Waals surface area contributed by atoms with Crippen molar-refractivity contribution in [2.45, 2.75) is 71.3 Å². The molecule has 4 aliphatic carbocycles. The van der Waals surface area contributed by atoms with Crippen LogP contribution in [0, 0.1) is 34.5 Å². The predicted molar refractivity (Wildman–Crippen MR) is 102 cm³/mol. The Morgan fingerprint density at radius 3 is 2.59 bits per heavy atom. The zero-order valence-electron chi connectivity index (χ0n) is 16.6. The molecule has 5 fully saturated rings. The summed E-state index contributed by atoms with van der Waals surface area (Å²) in [6, 6.07) is 0. The number of nitrogens with one attached hydrogen (secondary N) is 1. The molecule has 0 aromatic carbocycles. The van der Waals surface area contributed by atoms with Gasteiger partial charge in [0.1, 0.15) is 11.6 Å². The van der Waals surface area contributed by atoms with E-state index in [1.165, 1.54) is 0 Å². The van der Waals surface area contributed by atoms with Gasteiger partial charge in [-0.25, -0.2) is 0 Å². The second kappa shape index (κ2) is 6.13. The van der Waals surface area contributed by atoms with Crippen molar-refractivity contribution in [3.8, 4) is 0 Å². The Labute approximate surface area is 161 Å². The maximum atomic E-state index is 13.2. The van der Waals surface area contributed by atoms with Crippen molar-refractivity contribution >= 4 is 17.3 Å². The Morgan fingerprint density at radius 1 is 1.04 bits per heavy atom. The molecule has 1 heterocycles. The number of ketones is 2. The summed E-state index contributed by atoms with van der Waals surface area (Å²) >= 11 is 0. The number of oxime groups is 1. The molecule has 5 rings (SSSR count). The second-order valence-corrected chi connectivity index (χ2v) is 10.3. The van der Waals surface area contributed by atoms with Crippen LogP contribution in [-0.4, -0.2) is 36.5 Å². The summed E-state index contributed by atoms with van der Waals surface area (Å²) < 4.78 is 0. The summed E-state index contributed by atoms with van der Waals surface area (Å²) in [4.78, 5) is 31.4. The highest BCUT2D eigenvalue weighted by molar-refractivity contribution is 5.93. The zero-order chi connectivity index (χ0) is 18.8. The number of hydrogen-bond donors (Lipinski definition) is 1. The molecule has 6 atom stereocenters. The van der Waals surface area contributed by atoms with E-state index in [2.05, 4.69) is 24.3 Å². The molecular weight excluding hydrogens is 340 g/mol. The highest BCUT2D eigenvalue weighted by atomic mass is 16.6. The lowest BCUT2D eigenvalue weighted by atomic mass is 9.45. The Balaban J connectivity index is 1.37. The minimum Gasteiger partial charge on any atom is -0.390 e. The van der Waals surface area contributed by atoms with Gasteiger partial charge in [0.2, 0.25) is 0 Å². The molecule has 1 N–H and O–H groups in total. The summed E-state index contributed by atoms with van der Waals surface area (Å²) in [5.74, 6) is 2.39. The number of fused-ring (bicyclic) bond motifs is 5. The van der Waals surface area contributed by atoms with E-state index in [-0.39, 0.29) is 22.9 Å². The molecule has 0 amide bonds. The molecule has 0 bridgehead atoms. The Morgan fingerprint density at radius 2 is 1.85 bits per heavy atom. The molecule has 0 aromatic rings. The first-order chi connectivity index (χ1) is 12.9. The van der Waals surface area contributed by atoms with Gasteiger partial charge in [0, 0.05) is 37.3 Å². The van der Waals surface area contributed by atoms with Crippen LogP contribution >= 0.6 is 0 Å². The van der Waals surface area contributed by atoms with Crippen molar-refractivity contribution in [1.29, 1.82) is 0 Å². The van der Waals surface area contributed by atoms with Crippen LogP contribution < -0.4 is 5.32 Å². The Kier molecular flexibility index (Phi) is 4.05. The second-order valence-electron chi connectivity index (χ2n) is 10.3. The molecule has 0 spiro atoms. The summed E-state index contributed by atoms with van der Waals surface area (Å²) in [5.41, 5.74) is 0.994. The molecule has 1 aliphatic heterocycles. The molecule has 0 aromatic heterocycles. The fourth-order valence-electron chi connectivity index (χ4n) is 7.19. The molecule has 1 unspecified atom stereocenters. The first kappa shape index (κ1) is 17.8. The van der Waals surface area contributed by atoms with Crippen LogP contribution in [0.2, 0.25) is 0 Å². The fraction of sp³-hybridized carbons (Fsp3) is 0.864. The van der Waals surface area contributed by atoms with Crippen molar-refractivity contribution in [2.24, 2.45) is 39.7 Å². The zero-order valence-corrected chi connectivity index (χ0v) is 16.6. The molecule has 0 radical (unpaired) electrons. The average molecular weight is 373 g/mol. The lowest BCUT2D eigenvalue weighted by Crippen LogP contribution is -2.56. The van der Waals surface area contributed by atoms with Crippen LogP contribution in [0.3, 0.4) is 0 Å². The highest BCUT2D eigenvalue weighted by Gasteiger charge is 2.62. The van der Waals surface area contributed by atoms with E-state index in [4.69, 9.17) is 4.84 Å². The highest BCUT2D eigenvalue weighted by Crippen LogP contribution is 2.64. The number of rotatable bonds is 2. The van der Waals surface area contributed by atoms with E-state index < -0.39 is 0 Å². The Hall–Kier alpha value is -1.23. The first-order valence-electron chi connectivity index (χ1n) is 10.9. The van der Waals surface area contributed by atoms with Gasteiger partial charge in [-0.05, 0) is 61.7 Å². The molecule has 148 valence electrons. The maximum Gasteiger partial charge on any atom is 0.152 e. The summed E-state index contributed by atoms with van der Waals surface area (Å²) in [7, 11) is 0. The number of nitrogens with zero attached hydrogens (tertiary/aromatic N) is 1. The van der Waals surface area contributed by atoms with E-state index in [1.807, 2.05) is 0 Å². The standard InChI is InChI=1S/C22H32N2O3/c1-21-7-5-13(24-27-14-11-23-12-14)9-18(21)19(25)10-15-16-3-4-20(26)22(16,2)8-6-17(15)21/h14-18,23H,3-12H2,1-2H3/b24-13-/t15-,16-,17+,18?,21+,22-/m0/s1. The Bertz CT molecular complexity index is 700. The lowest BCUT2D eigenvalue weighted by molar-refractivity contribution is -0.152. The smallest absolute Gasteiger partial charge is 0.152 e. The van der Waals surface area contributed by atoms with Crippen LogP contribution in [0.15, 0.2) is 5.16 Å². The van der Waals surface area contributed by atoms with Crippen LogP contribution in [-0.2, 0) is 14.4 Å². The van der Waals surface area contributed by atoms with Crippen LogP contribution in [0.25, 0.3) is 0 Å². The van der Waals surface area contributed by atoms with Gasteiger partial charge in [-0.2, -0.15) is 0 Å².